The van der Waals surface area contributed by atoms with Gasteiger partial charge in [0.1, 0.15) is 0 Å². The average Bonchev–Trinajstić information content (AvgIpc) is 2.73. The second-order valence-electron chi connectivity index (χ2n) is 5.90. The van der Waals surface area contributed by atoms with Crippen LogP contribution < -0.4 is 5.73 Å². The zero-order valence-electron chi connectivity index (χ0n) is 13.4. The molecule has 1 aliphatic rings. The van der Waals surface area contributed by atoms with Gasteiger partial charge in [0.2, 0.25) is 5.91 Å². The van der Waals surface area contributed by atoms with Gasteiger partial charge in [-0.3, -0.25) is 4.79 Å². The molecule has 0 radical (unpaired) electrons. The highest BCUT2D eigenvalue weighted by molar-refractivity contribution is 5.85. The van der Waals surface area contributed by atoms with Crippen LogP contribution in [0.2, 0.25) is 0 Å². The highest BCUT2D eigenvalue weighted by atomic mass is 35.5. The summed E-state index contributed by atoms with van der Waals surface area (Å²) in [5.74, 6) is 0.0844. The SMILES string of the molecule is CC(N)C(=O)N1CCCN(CCCc2ccccc2)CC1.Cl. The highest BCUT2D eigenvalue weighted by Gasteiger charge is 2.20. The molecular weight excluding hydrogens is 298 g/mol. The lowest BCUT2D eigenvalue weighted by atomic mass is 10.1. The van der Waals surface area contributed by atoms with Crippen LogP contribution in [0.15, 0.2) is 30.3 Å². The van der Waals surface area contributed by atoms with Gasteiger partial charge in [0.15, 0.2) is 0 Å². The maximum atomic E-state index is 11.9. The molecule has 1 atom stereocenters. The summed E-state index contributed by atoms with van der Waals surface area (Å²) < 4.78 is 0. The van der Waals surface area contributed by atoms with Crippen molar-refractivity contribution >= 4 is 18.3 Å². The molecule has 0 saturated carbocycles. The van der Waals surface area contributed by atoms with Crippen molar-refractivity contribution in [2.75, 3.05) is 32.7 Å². The normalized spacial score (nSPS) is 17.5. The van der Waals surface area contributed by atoms with Crippen LogP contribution in [-0.4, -0.2) is 54.5 Å². The number of aryl methyl sites for hydroxylation is 1. The van der Waals surface area contributed by atoms with Crippen LogP contribution in [0.25, 0.3) is 0 Å². The molecule has 0 aliphatic carbocycles. The van der Waals surface area contributed by atoms with E-state index in [0.29, 0.717) is 0 Å². The van der Waals surface area contributed by atoms with Crippen molar-refractivity contribution in [3.8, 4) is 0 Å². The van der Waals surface area contributed by atoms with Crippen molar-refractivity contribution in [3.05, 3.63) is 35.9 Å². The van der Waals surface area contributed by atoms with Crippen LogP contribution >= 0.6 is 12.4 Å². The van der Waals surface area contributed by atoms with Gasteiger partial charge in [0.05, 0.1) is 6.04 Å². The summed E-state index contributed by atoms with van der Waals surface area (Å²) in [4.78, 5) is 16.3. The fraction of sp³-hybridized carbons (Fsp3) is 0.588. The first-order valence-corrected chi connectivity index (χ1v) is 7.97. The van der Waals surface area contributed by atoms with Crippen LogP contribution in [0.5, 0.6) is 0 Å². The Morgan fingerprint density at radius 3 is 2.59 bits per heavy atom. The molecule has 0 aromatic heterocycles. The number of hydrogen-bond donors (Lipinski definition) is 1. The van der Waals surface area contributed by atoms with Gasteiger partial charge in [-0.25, -0.2) is 0 Å². The molecule has 1 fully saturated rings. The third kappa shape index (κ3) is 5.95. The number of carbonyl (C=O) groups is 1. The second kappa shape index (κ2) is 9.82. The molecule has 22 heavy (non-hydrogen) atoms. The van der Waals surface area contributed by atoms with E-state index in [-0.39, 0.29) is 24.4 Å². The molecule has 1 saturated heterocycles. The molecule has 0 spiro atoms. The Labute approximate surface area is 140 Å². The van der Waals surface area contributed by atoms with Crippen LogP contribution in [0.1, 0.15) is 25.3 Å². The van der Waals surface area contributed by atoms with Crippen LogP contribution in [0.3, 0.4) is 0 Å². The second-order valence-corrected chi connectivity index (χ2v) is 5.90. The predicted molar refractivity (Wildman–Crippen MR) is 93.3 cm³/mol. The molecule has 1 aliphatic heterocycles. The predicted octanol–water partition coefficient (Wildman–Crippen LogP) is 1.92. The summed E-state index contributed by atoms with van der Waals surface area (Å²) >= 11 is 0. The maximum Gasteiger partial charge on any atom is 0.239 e. The van der Waals surface area contributed by atoms with E-state index in [9.17, 15) is 4.79 Å². The lowest BCUT2D eigenvalue weighted by molar-refractivity contribution is -0.132. The smallest absolute Gasteiger partial charge is 0.239 e. The molecule has 5 heteroatoms. The van der Waals surface area contributed by atoms with Gasteiger partial charge in [-0.15, -0.1) is 12.4 Å². The molecule has 124 valence electrons. The van der Waals surface area contributed by atoms with E-state index in [1.807, 2.05) is 4.90 Å². The molecule has 1 heterocycles. The quantitative estimate of drug-likeness (QED) is 0.900. The van der Waals surface area contributed by atoms with Gasteiger partial charge >= 0.3 is 0 Å². The molecule has 2 rings (SSSR count). The average molecular weight is 326 g/mol. The molecule has 1 unspecified atom stereocenters. The van der Waals surface area contributed by atoms with E-state index in [0.717, 1.165) is 45.6 Å². The summed E-state index contributed by atoms with van der Waals surface area (Å²) in [6, 6.07) is 10.2. The van der Waals surface area contributed by atoms with Crippen LogP contribution in [0, 0.1) is 0 Å². The Morgan fingerprint density at radius 2 is 1.91 bits per heavy atom. The Kier molecular flexibility index (Phi) is 8.46. The molecule has 1 amide bonds. The molecular formula is C17H28ClN3O. The van der Waals surface area contributed by atoms with E-state index in [2.05, 4.69) is 35.2 Å². The molecule has 1 aromatic carbocycles. The van der Waals surface area contributed by atoms with Crippen LogP contribution in [-0.2, 0) is 11.2 Å². The van der Waals surface area contributed by atoms with Gasteiger partial charge in [-0.05, 0) is 44.8 Å². The number of hydrogen-bond acceptors (Lipinski definition) is 3. The minimum absolute atomic E-state index is 0. The third-order valence-corrected chi connectivity index (χ3v) is 4.07. The number of benzene rings is 1. The van der Waals surface area contributed by atoms with Crippen molar-refractivity contribution in [3.63, 3.8) is 0 Å². The van der Waals surface area contributed by atoms with Crippen molar-refractivity contribution in [1.29, 1.82) is 0 Å². The van der Waals surface area contributed by atoms with Crippen molar-refractivity contribution < 1.29 is 4.79 Å². The van der Waals surface area contributed by atoms with Crippen molar-refractivity contribution in [2.45, 2.75) is 32.2 Å². The van der Waals surface area contributed by atoms with Gasteiger partial charge in [-0.2, -0.15) is 0 Å². The number of rotatable bonds is 5. The van der Waals surface area contributed by atoms with Crippen molar-refractivity contribution in [2.24, 2.45) is 5.73 Å². The van der Waals surface area contributed by atoms with Gasteiger partial charge in [0, 0.05) is 19.6 Å². The first kappa shape index (κ1) is 18.9. The third-order valence-electron chi connectivity index (χ3n) is 4.07. The topological polar surface area (TPSA) is 49.6 Å². The van der Waals surface area contributed by atoms with E-state index in [1.54, 1.807) is 6.92 Å². The standard InChI is InChI=1S/C17H27N3O.ClH/c1-15(18)17(21)20-12-6-11-19(13-14-20)10-5-9-16-7-3-2-4-8-16;/h2-4,7-8,15H,5-6,9-14,18H2,1H3;1H. The molecule has 4 nitrogen and oxygen atoms in total. The molecule has 2 N–H and O–H groups in total. The summed E-state index contributed by atoms with van der Waals surface area (Å²) in [6.07, 6.45) is 3.34. The largest absolute Gasteiger partial charge is 0.340 e. The number of halogens is 1. The first-order valence-electron chi connectivity index (χ1n) is 7.97. The van der Waals surface area contributed by atoms with E-state index in [1.165, 1.54) is 12.0 Å². The lowest BCUT2D eigenvalue weighted by Gasteiger charge is -2.23. The zero-order valence-corrected chi connectivity index (χ0v) is 14.2. The highest BCUT2D eigenvalue weighted by Crippen LogP contribution is 2.08. The van der Waals surface area contributed by atoms with Gasteiger partial charge < -0.3 is 15.5 Å². The fourth-order valence-corrected chi connectivity index (χ4v) is 2.85. The monoisotopic (exact) mass is 325 g/mol. The minimum Gasteiger partial charge on any atom is -0.340 e. The van der Waals surface area contributed by atoms with E-state index in [4.69, 9.17) is 5.73 Å². The number of nitrogens with zero attached hydrogens (tertiary/aromatic N) is 2. The first-order chi connectivity index (χ1) is 10.2. The number of amides is 1. The van der Waals surface area contributed by atoms with Crippen LogP contribution in [0.4, 0.5) is 0 Å². The summed E-state index contributed by atoms with van der Waals surface area (Å²) in [5, 5.41) is 0. The summed E-state index contributed by atoms with van der Waals surface area (Å²) in [7, 11) is 0. The summed E-state index contributed by atoms with van der Waals surface area (Å²) in [5.41, 5.74) is 7.10. The Morgan fingerprint density at radius 1 is 1.18 bits per heavy atom. The fourth-order valence-electron chi connectivity index (χ4n) is 2.85. The lowest BCUT2D eigenvalue weighted by Crippen LogP contribution is -2.43. The molecule has 1 aromatic rings. The Bertz CT molecular complexity index is 439. The minimum atomic E-state index is -0.380. The van der Waals surface area contributed by atoms with Gasteiger partial charge in [0.25, 0.3) is 0 Å². The van der Waals surface area contributed by atoms with E-state index < -0.39 is 0 Å². The Hall–Kier alpha value is -1.10. The Balaban J connectivity index is 0.00000242. The number of nitrogens with two attached hydrogens (primary N) is 1. The zero-order chi connectivity index (χ0) is 15.1. The van der Waals surface area contributed by atoms with E-state index >= 15 is 0 Å². The number of carbonyl (C=O) groups excluding carboxylic acids is 1. The molecule has 0 bridgehead atoms. The van der Waals surface area contributed by atoms with Gasteiger partial charge in [-0.1, -0.05) is 30.3 Å². The van der Waals surface area contributed by atoms with Crippen molar-refractivity contribution in [1.82, 2.24) is 9.80 Å². The summed E-state index contributed by atoms with van der Waals surface area (Å²) in [6.45, 7) is 6.58. The maximum absolute atomic E-state index is 11.9.